The third kappa shape index (κ3) is 5.01. The van der Waals surface area contributed by atoms with Crippen molar-refractivity contribution in [3.63, 3.8) is 0 Å². The van der Waals surface area contributed by atoms with Crippen molar-refractivity contribution < 1.29 is 35.8 Å². The van der Waals surface area contributed by atoms with E-state index in [9.17, 15) is 21.6 Å². The van der Waals surface area contributed by atoms with Crippen molar-refractivity contribution in [2.75, 3.05) is 18.9 Å². The Morgan fingerprint density at radius 1 is 0.861 bits per heavy atom. The van der Waals surface area contributed by atoms with Crippen LogP contribution in [0, 0.1) is 6.92 Å². The number of aryl methyl sites for hydroxylation is 1. The number of methoxy groups -OCH3 is 2. The minimum Gasteiger partial charge on any atom is -0.493 e. The van der Waals surface area contributed by atoms with Crippen molar-refractivity contribution in [1.82, 2.24) is 4.98 Å². The maximum absolute atomic E-state index is 13.3. The molecule has 7 nitrogen and oxygen atoms in total. The summed E-state index contributed by atoms with van der Waals surface area (Å²) in [6.07, 6.45) is -3.25. The Morgan fingerprint density at radius 3 is 2.22 bits per heavy atom. The second kappa shape index (κ2) is 9.57. The lowest BCUT2D eigenvalue weighted by Gasteiger charge is -2.16. The Hall–Kier alpha value is -3.99. The fourth-order valence-electron chi connectivity index (χ4n) is 3.63. The van der Waals surface area contributed by atoms with Crippen LogP contribution >= 0.6 is 0 Å². The molecule has 0 bridgehead atoms. The smallest absolute Gasteiger partial charge is 0.417 e. The van der Waals surface area contributed by atoms with Crippen LogP contribution in [-0.2, 0) is 16.2 Å². The molecular formula is C25H21F3N2O5S. The molecule has 0 atom stereocenters. The standard InChI is InChI=1S/C25H21F3N2O5S/c1-15-12-16(30-36(31,32)24-7-5-4-6-18(24)25(26,27)28)8-9-20(15)35-21-10-11-29-19-14-23(34-3)22(33-2)13-17(19)21/h4-14,30H,1-3H3. The Morgan fingerprint density at radius 2 is 1.56 bits per heavy atom. The molecule has 0 saturated carbocycles. The van der Waals surface area contributed by atoms with Crippen LogP contribution in [0.25, 0.3) is 10.9 Å². The monoisotopic (exact) mass is 518 g/mol. The summed E-state index contributed by atoms with van der Waals surface area (Å²) in [5.74, 6) is 1.88. The highest BCUT2D eigenvalue weighted by molar-refractivity contribution is 7.92. The number of benzene rings is 3. The van der Waals surface area contributed by atoms with Crippen molar-refractivity contribution in [2.24, 2.45) is 0 Å². The van der Waals surface area contributed by atoms with Gasteiger partial charge in [-0.1, -0.05) is 12.1 Å². The summed E-state index contributed by atoms with van der Waals surface area (Å²) in [7, 11) is -1.47. The quantitative estimate of drug-likeness (QED) is 0.315. The lowest BCUT2D eigenvalue weighted by Crippen LogP contribution is -2.18. The zero-order valence-electron chi connectivity index (χ0n) is 19.4. The number of alkyl halides is 3. The van der Waals surface area contributed by atoms with Crippen LogP contribution in [-0.4, -0.2) is 27.6 Å². The third-order valence-electron chi connectivity index (χ3n) is 5.34. The van der Waals surface area contributed by atoms with Crippen LogP contribution in [0.5, 0.6) is 23.0 Å². The molecule has 3 aromatic carbocycles. The molecule has 36 heavy (non-hydrogen) atoms. The number of fused-ring (bicyclic) bond motifs is 1. The molecule has 1 N–H and O–H groups in total. The number of hydrogen-bond donors (Lipinski definition) is 1. The molecule has 0 radical (unpaired) electrons. The van der Waals surface area contributed by atoms with E-state index in [0.29, 0.717) is 39.5 Å². The van der Waals surface area contributed by atoms with Gasteiger partial charge >= 0.3 is 6.18 Å². The van der Waals surface area contributed by atoms with E-state index in [1.54, 1.807) is 31.3 Å². The first-order chi connectivity index (χ1) is 17.0. The highest BCUT2D eigenvalue weighted by atomic mass is 32.2. The largest absolute Gasteiger partial charge is 0.493 e. The van der Waals surface area contributed by atoms with Gasteiger partial charge in [-0.15, -0.1) is 0 Å². The molecule has 0 aliphatic heterocycles. The van der Waals surface area contributed by atoms with Crippen LogP contribution in [0.15, 0.2) is 71.8 Å². The predicted octanol–water partition coefficient (Wildman–Crippen LogP) is 6.17. The number of nitrogens with one attached hydrogen (secondary N) is 1. The minimum atomic E-state index is -4.82. The van der Waals surface area contributed by atoms with Gasteiger partial charge in [-0.05, 0) is 55.0 Å². The molecule has 0 aliphatic carbocycles. The number of sulfonamides is 1. The second-order valence-corrected chi connectivity index (χ2v) is 9.37. The van der Waals surface area contributed by atoms with E-state index in [0.717, 1.165) is 18.2 Å². The van der Waals surface area contributed by atoms with Crippen molar-refractivity contribution in [3.05, 3.63) is 78.0 Å². The van der Waals surface area contributed by atoms with Gasteiger partial charge in [0.1, 0.15) is 11.5 Å². The van der Waals surface area contributed by atoms with Crippen LogP contribution in [0.2, 0.25) is 0 Å². The van der Waals surface area contributed by atoms with E-state index >= 15 is 0 Å². The second-order valence-electron chi connectivity index (χ2n) is 7.72. The average molecular weight is 519 g/mol. The van der Waals surface area contributed by atoms with E-state index in [1.807, 2.05) is 0 Å². The maximum atomic E-state index is 13.3. The molecule has 0 amide bonds. The topological polar surface area (TPSA) is 86.8 Å². The lowest BCUT2D eigenvalue weighted by atomic mass is 10.1. The first-order valence-corrected chi connectivity index (χ1v) is 12.0. The van der Waals surface area contributed by atoms with Gasteiger partial charge in [0.25, 0.3) is 10.0 Å². The van der Waals surface area contributed by atoms with Gasteiger partial charge in [0.05, 0.1) is 30.2 Å². The van der Waals surface area contributed by atoms with Crippen LogP contribution in [0.4, 0.5) is 18.9 Å². The molecular weight excluding hydrogens is 497 g/mol. The Balaban J connectivity index is 1.64. The highest BCUT2D eigenvalue weighted by Crippen LogP contribution is 2.38. The van der Waals surface area contributed by atoms with Gasteiger partial charge in [-0.25, -0.2) is 8.42 Å². The molecule has 188 valence electrons. The number of rotatable bonds is 7. The van der Waals surface area contributed by atoms with E-state index in [1.165, 1.54) is 38.5 Å². The van der Waals surface area contributed by atoms with Crippen molar-refractivity contribution >= 4 is 26.6 Å². The van der Waals surface area contributed by atoms with Crippen LogP contribution in [0.3, 0.4) is 0 Å². The highest BCUT2D eigenvalue weighted by Gasteiger charge is 2.36. The number of nitrogens with zero attached hydrogens (tertiary/aromatic N) is 1. The number of anilines is 1. The SMILES string of the molecule is COc1cc2nccc(Oc3ccc(NS(=O)(=O)c4ccccc4C(F)(F)F)cc3C)c2cc1OC. The van der Waals surface area contributed by atoms with E-state index in [-0.39, 0.29) is 5.69 Å². The van der Waals surface area contributed by atoms with Crippen molar-refractivity contribution in [3.8, 4) is 23.0 Å². The number of ether oxygens (including phenoxy) is 3. The number of aromatic nitrogens is 1. The van der Waals surface area contributed by atoms with Gasteiger partial charge in [0.15, 0.2) is 11.5 Å². The molecule has 1 heterocycles. The average Bonchev–Trinajstić information content (AvgIpc) is 2.84. The molecule has 4 rings (SSSR count). The van der Waals surface area contributed by atoms with Crippen LogP contribution in [0.1, 0.15) is 11.1 Å². The molecule has 0 fully saturated rings. The number of halogens is 3. The van der Waals surface area contributed by atoms with Gasteiger partial charge in [-0.2, -0.15) is 13.2 Å². The molecule has 0 aliphatic rings. The lowest BCUT2D eigenvalue weighted by molar-refractivity contribution is -0.139. The third-order valence-corrected chi connectivity index (χ3v) is 6.78. The predicted molar refractivity (Wildman–Crippen MR) is 128 cm³/mol. The molecule has 0 spiro atoms. The summed E-state index contributed by atoms with van der Waals surface area (Å²) in [4.78, 5) is 3.47. The zero-order valence-corrected chi connectivity index (χ0v) is 20.2. The van der Waals surface area contributed by atoms with E-state index < -0.39 is 26.7 Å². The zero-order chi connectivity index (χ0) is 26.1. The minimum absolute atomic E-state index is 0.0859. The number of hydrogen-bond acceptors (Lipinski definition) is 6. The van der Waals surface area contributed by atoms with Crippen LogP contribution < -0.4 is 18.9 Å². The summed E-state index contributed by atoms with van der Waals surface area (Å²) in [5.41, 5.74) is -0.00567. The fourth-order valence-corrected chi connectivity index (χ4v) is 4.91. The number of pyridine rings is 1. The van der Waals surface area contributed by atoms with Gasteiger partial charge in [0.2, 0.25) is 0 Å². The summed E-state index contributed by atoms with van der Waals surface area (Å²) in [6, 6.07) is 13.5. The first-order valence-electron chi connectivity index (χ1n) is 10.5. The van der Waals surface area contributed by atoms with Crippen molar-refractivity contribution in [2.45, 2.75) is 18.0 Å². The summed E-state index contributed by atoms with van der Waals surface area (Å²) < 4.78 is 84.4. The summed E-state index contributed by atoms with van der Waals surface area (Å²) >= 11 is 0. The Labute approximate surface area is 205 Å². The van der Waals surface area contributed by atoms with Crippen molar-refractivity contribution in [1.29, 1.82) is 0 Å². The summed E-state index contributed by atoms with van der Waals surface area (Å²) in [6.45, 7) is 1.68. The van der Waals surface area contributed by atoms with E-state index in [4.69, 9.17) is 14.2 Å². The normalized spacial score (nSPS) is 11.8. The Bertz CT molecular complexity index is 1540. The molecule has 4 aromatic rings. The molecule has 1 aromatic heterocycles. The van der Waals surface area contributed by atoms with E-state index in [2.05, 4.69) is 9.71 Å². The molecule has 0 saturated heterocycles. The van der Waals surface area contributed by atoms with Gasteiger partial charge in [-0.3, -0.25) is 9.71 Å². The molecule has 0 unspecified atom stereocenters. The fraction of sp³-hybridized carbons (Fsp3) is 0.160. The molecule has 11 heteroatoms. The van der Waals surface area contributed by atoms with Gasteiger partial charge in [0, 0.05) is 23.3 Å². The van der Waals surface area contributed by atoms with Gasteiger partial charge < -0.3 is 14.2 Å². The first kappa shape index (κ1) is 25.1. The summed E-state index contributed by atoms with van der Waals surface area (Å²) in [5, 5.41) is 0.656. The Kier molecular flexibility index (Phi) is 6.68. The maximum Gasteiger partial charge on any atom is 0.417 e.